The lowest BCUT2D eigenvalue weighted by molar-refractivity contribution is -0.119. The predicted octanol–water partition coefficient (Wildman–Crippen LogP) is 4.86. The lowest BCUT2D eigenvalue weighted by Crippen LogP contribution is -2.28. The van der Waals surface area contributed by atoms with Crippen molar-refractivity contribution >= 4 is 63.0 Å². The Morgan fingerprint density at radius 3 is 2.60 bits per heavy atom. The Hall–Kier alpha value is -2.62. The molecule has 1 aromatic heterocycles. The number of rotatable bonds is 8. The predicted molar refractivity (Wildman–Crippen MR) is 123 cm³/mol. The molecule has 0 fully saturated rings. The minimum Gasteiger partial charge on any atom is -0.349 e. The molecular weight excluding hydrogens is 442 g/mol. The van der Waals surface area contributed by atoms with Gasteiger partial charge in [0.1, 0.15) is 0 Å². The first-order valence-corrected chi connectivity index (χ1v) is 11.2. The number of halogens is 1. The van der Waals surface area contributed by atoms with Crippen LogP contribution in [0, 0.1) is 0 Å². The monoisotopic (exact) mass is 461 g/mol. The Labute approximate surface area is 187 Å². The highest BCUT2D eigenvalue weighted by atomic mass is 35.5. The van der Waals surface area contributed by atoms with Crippen molar-refractivity contribution in [3.8, 4) is 0 Å². The van der Waals surface area contributed by atoms with E-state index in [4.69, 9.17) is 11.6 Å². The highest BCUT2D eigenvalue weighted by Gasteiger charge is 2.12. The Bertz CT molecular complexity index is 1030. The number of benzene rings is 2. The van der Waals surface area contributed by atoms with Crippen molar-refractivity contribution in [1.29, 1.82) is 0 Å². The Morgan fingerprint density at radius 2 is 1.87 bits per heavy atom. The normalized spacial score (nSPS) is 11.6. The number of carbonyl (C=O) groups excluding carboxylic acids is 2. The van der Waals surface area contributed by atoms with Gasteiger partial charge in [-0.25, -0.2) is 0 Å². The number of anilines is 3. The van der Waals surface area contributed by atoms with E-state index in [1.165, 1.54) is 30.0 Å². The minimum absolute atomic E-state index is 0.0878. The van der Waals surface area contributed by atoms with E-state index in [0.717, 1.165) is 11.3 Å². The Kier molecular flexibility index (Phi) is 7.67. The van der Waals surface area contributed by atoms with Gasteiger partial charge in [-0.15, -0.1) is 10.2 Å². The van der Waals surface area contributed by atoms with Gasteiger partial charge >= 0.3 is 0 Å². The van der Waals surface area contributed by atoms with Crippen LogP contribution in [0.4, 0.5) is 16.5 Å². The van der Waals surface area contributed by atoms with Crippen molar-refractivity contribution in [2.75, 3.05) is 16.4 Å². The van der Waals surface area contributed by atoms with Crippen LogP contribution in [0.15, 0.2) is 52.9 Å². The number of aromatic nitrogens is 2. The zero-order chi connectivity index (χ0) is 21.5. The van der Waals surface area contributed by atoms with E-state index in [9.17, 15) is 9.59 Å². The SMILES string of the molecule is CC(=O)Nc1cccc(Nc2nnc(SCC(=O)NC(C)c3ccc(Cl)cc3)s2)c1. The van der Waals surface area contributed by atoms with Gasteiger partial charge in [0.05, 0.1) is 11.8 Å². The van der Waals surface area contributed by atoms with Crippen LogP contribution in [-0.2, 0) is 9.59 Å². The standard InChI is InChI=1S/C20H20ClN5O2S2/c1-12(14-6-8-15(21)9-7-14)22-18(28)11-29-20-26-25-19(30-20)24-17-5-3-4-16(10-17)23-13(2)27/h3-10,12H,11H2,1-2H3,(H,22,28)(H,23,27)(H,24,25). The number of hydrogen-bond acceptors (Lipinski definition) is 7. The first kappa shape index (κ1) is 22.1. The summed E-state index contributed by atoms with van der Waals surface area (Å²) in [6.07, 6.45) is 0. The highest BCUT2D eigenvalue weighted by Crippen LogP contribution is 2.28. The van der Waals surface area contributed by atoms with Gasteiger partial charge < -0.3 is 16.0 Å². The first-order valence-electron chi connectivity index (χ1n) is 9.05. The van der Waals surface area contributed by atoms with Gasteiger partial charge in [-0.1, -0.05) is 52.9 Å². The lowest BCUT2D eigenvalue weighted by atomic mass is 10.1. The van der Waals surface area contributed by atoms with E-state index in [1.807, 2.05) is 31.2 Å². The molecule has 2 aromatic carbocycles. The average molecular weight is 462 g/mol. The third kappa shape index (κ3) is 6.72. The van der Waals surface area contributed by atoms with E-state index < -0.39 is 0 Å². The van der Waals surface area contributed by atoms with Crippen LogP contribution < -0.4 is 16.0 Å². The summed E-state index contributed by atoms with van der Waals surface area (Å²) < 4.78 is 0.685. The van der Waals surface area contributed by atoms with E-state index in [1.54, 1.807) is 24.3 Å². The second-order valence-corrected chi connectivity index (χ2v) is 9.03. The Balaban J connectivity index is 1.50. The molecule has 3 N–H and O–H groups in total. The van der Waals surface area contributed by atoms with Crippen LogP contribution in [0.25, 0.3) is 0 Å². The molecule has 156 valence electrons. The van der Waals surface area contributed by atoms with Gasteiger partial charge in [-0.05, 0) is 42.8 Å². The maximum Gasteiger partial charge on any atom is 0.230 e. The summed E-state index contributed by atoms with van der Waals surface area (Å²) in [6, 6.07) is 14.6. The second-order valence-electron chi connectivity index (χ2n) is 6.39. The summed E-state index contributed by atoms with van der Waals surface area (Å²) >= 11 is 8.58. The summed E-state index contributed by atoms with van der Waals surface area (Å²) in [5.41, 5.74) is 2.46. The molecule has 0 aliphatic rings. The van der Waals surface area contributed by atoms with Crippen molar-refractivity contribution in [3.05, 3.63) is 59.1 Å². The molecule has 30 heavy (non-hydrogen) atoms. The van der Waals surface area contributed by atoms with Crippen LogP contribution in [0.2, 0.25) is 5.02 Å². The minimum atomic E-state index is -0.134. The van der Waals surface area contributed by atoms with Gasteiger partial charge in [-0.2, -0.15) is 0 Å². The molecular formula is C20H20ClN5O2S2. The molecule has 1 unspecified atom stereocenters. The van der Waals surface area contributed by atoms with Crippen molar-refractivity contribution in [2.45, 2.75) is 24.2 Å². The van der Waals surface area contributed by atoms with E-state index in [2.05, 4.69) is 26.1 Å². The maximum atomic E-state index is 12.2. The van der Waals surface area contributed by atoms with Crippen LogP contribution >= 0.6 is 34.7 Å². The van der Waals surface area contributed by atoms with Gasteiger partial charge in [0.25, 0.3) is 0 Å². The van der Waals surface area contributed by atoms with Crippen molar-refractivity contribution in [2.24, 2.45) is 0 Å². The van der Waals surface area contributed by atoms with Crippen LogP contribution in [-0.4, -0.2) is 27.8 Å². The highest BCUT2D eigenvalue weighted by molar-refractivity contribution is 8.01. The number of nitrogens with one attached hydrogen (secondary N) is 3. The fraction of sp³-hybridized carbons (Fsp3) is 0.200. The molecule has 0 aliphatic carbocycles. The van der Waals surface area contributed by atoms with Gasteiger partial charge in [0.15, 0.2) is 4.34 Å². The molecule has 0 saturated heterocycles. The number of nitrogens with zero attached hydrogens (tertiary/aromatic N) is 2. The van der Waals surface area contributed by atoms with Crippen molar-refractivity contribution in [3.63, 3.8) is 0 Å². The summed E-state index contributed by atoms with van der Waals surface area (Å²) in [4.78, 5) is 23.4. The first-order chi connectivity index (χ1) is 14.4. The number of hydrogen-bond donors (Lipinski definition) is 3. The number of amides is 2. The summed E-state index contributed by atoms with van der Waals surface area (Å²) in [5, 5.41) is 18.3. The number of carbonyl (C=O) groups is 2. The molecule has 0 aliphatic heterocycles. The van der Waals surface area contributed by atoms with E-state index in [0.29, 0.717) is 20.2 Å². The van der Waals surface area contributed by atoms with Crippen LogP contribution in [0.5, 0.6) is 0 Å². The quantitative estimate of drug-likeness (QED) is 0.414. The molecule has 0 spiro atoms. The fourth-order valence-corrected chi connectivity index (χ4v) is 4.27. The van der Waals surface area contributed by atoms with Gasteiger partial charge in [0.2, 0.25) is 16.9 Å². The largest absolute Gasteiger partial charge is 0.349 e. The topological polar surface area (TPSA) is 96.0 Å². The molecule has 0 radical (unpaired) electrons. The zero-order valence-corrected chi connectivity index (χ0v) is 18.7. The molecule has 10 heteroatoms. The molecule has 0 bridgehead atoms. The molecule has 2 amide bonds. The summed E-state index contributed by atoms with van der Waals surface area (Å²) in [7, 11) is 0. The van der Waals surface area contributed by atoms with Gasteiger partial charge in [0, 0.05) is 23.3 Å². The molecule has 1 atom stereocenters. The smallest absolute Gasteiger partial charge is 0.230 e. The third-order valence-electron chi connectivity index (χ3n) is 3.91. The fourth-order valence-electron chi connectivity index (χ4n) is 2.57. The number of thioether (sulfide) groups is 1. The zero-order valence-electron chi connectivity index (χ0n) is 16.3. The van der Waals surface area contributed by atoms with Crippen LogP contribution in [0.3, 0.4) is 0 Å². The molecule has 3 aromatic rings. The van der Waals surface area contributed by atoms with Crippen molar-refractivity contribution in [1.82, 2.24) is 15.5 Å². The maximum absolute atomic E-state index is 12.2. The summed E-state index contributed by atoms with van der Waals surface area (Å²) in [6.45, 7) is 3.38. The van der Waals surface area contributed by atoms with Crippen LogP contribution in [0.1, 0.15) is 25.5 Å². The molecule has 1 heterocycles. The summed E-state index contributed by atoms with van der Waals surface area (Å²) in [5.74, 6) is 0.0190. The van der Waals surface area contributed by atoms with Crippen molar-refractivity contribution < 1.29 is 9.59 Å². The van der Waals surface area contributed by atoms with E-state index >= 15 is 0 Å². The molecule has 7 nitrogen and oxygen atoms in total. The molecule has 3 rings (SSSR count). The molecule has 0 saturated carbocycles. The average Bonchev–Trinajstić information content (AvgIpc) is 3.14. The second kappa shape index (κ2) is 10.4. The lowest BCUT2D eigenvalue weighted by Gasteiger charge is -2.14. The van der Waals surface area contributed by atoms with Gasteiger partial charge in [-0.3, -0.25) is 9.59 Å². The van der Waals surface area contributed by atoms with E-state index in [-0.39, 0.29) is 23.6 Å². The third-order valence-corrected chi connectivity index (χ3v) is 6.14. The Morgan fingerprint density at radius 1 is 1.13 bits per heavy atom.